The van der Waals surface area contributed by atoms with Gasteiger partial charge in [-0.2, -0.15) is 5.26 Å². The van der Waals surface area contributed by atoms with Gasteiger partial charge >= 0.3 is 0 Å². The Labute approximate surface area is 122 Å². The highest BCUT2D eigenvalue weighted by molar-refractivity contribution is 5.82. The van der Waals surface area contributed by atoms with E-state index in [1.54, 1.807) is 7.05 Å². The van der Waals surface area contributed by atoms with Gasteiger partial charge in [0.15, 0.2) is 0 Å². The molecular weight excluding hydrogens is 250 g/mol. The summed E-state index contributed by atoms with van der Waals surface area (Å²) in [5.74, 6) is 1.03. The maximum absolute atomic E-state index is 12.0. The molecule has 1 amide bonds. The van der Waals surface area contributed by atoms with Crippen LogP contribution in [0.5, 0.6) is 0 Å². The van der Waals surface area contributed by atoms with Crippen molar-refractivity contribution in [3.8, 4) is 6.07 Å². The van der Waals surface area contributed by atoms with Crippen molar-refractivity contribution < 1.29 is 4.79 Å². The molecule has 1 saturated carbocycles. The Bertz CT molecular complexity index is 403. The van der Waals surface area contributed by atoms with Gasteiger partial charge in [0.25, 0.3) is 0 Å². The average Bonchev–Trinajstić information content (AvgIpc) is 2.89. The molecule has 0 aromatic rings. The fourth-order valence-electron chi connectivity index (χ4n) is 3.92. The number of nitriles is 1. The van der Waals surface area contributed by atoms with Crippen molar-refractivity contribution in [2.75, 3.05) is 20.1 Å². The van der Waals surface area contributed by atoms with Crippen LogP contribution in [0.1, 0.15) is 46.0 Å². The molecular formula is C16H27N3O. The molecule has 4 unspecified atom stereocenters. The number of hydrogen-bond donors (Lipinski definition) is 1. The van der Waals surface area contributed by atoms with Gasteiger partial charge in [0.1, 0.15) is 0 Å². The Hall–Kier alpha value is -1.08. The second-order valence-corrected chi connectivity index (χ2v) is 6.75. The fraction of sp³-hybridized carbons (Fsp3) is 0.875. The molecule has 20 heavy (non-hydrogen) atoms. The number of nitrogens with zero attached hydrogens (tertiary/aromatic N) is 2. The first-order chi connectivity index (χ1) is 9.54. The van der Waals surface area contributed by atoms with Crippen molar-refractivity contribution in [3.05, 3.63) is 0 Å². The molecule has 4 nitrogen and oxygen atoms in total. The molecule has 1 aliphatic carbocycles. The predicted octanol–water partition coefficient (Wildman–Crippen LogP) is 2.16. The lowest BCUT2D eigenvalue weighted by molar-refractivity contribution is -0.129. The number of carbonyl (C=O) groups is 1. The highest BCUT2D eigenvalue weighted by Gasteiger charge is 2.44. The SMILES string of the molecule is CCC1CCC(C#N)C(N2CCC(C)(C(=O)NC)C2)C1. The molecule has 1 saturated heterocycles. The van der Waals surface area contributed by atoms with E-state index in [1.165, 1.54) is 12.8 Å². The standard InChI is InChI=1S/C16H27N3O/c1-4-12-5-6-13(10-17)14(9-12)19-8-7-16(2,11-19)15(20)18-3/h12-14H,4-9,11H2,1-3H3,(H,18,20). The molecule has 1 heterocycles. The van der Waals surface area contributed by atoms with E-state index in [2.05, 4.69) is 23.2 Å². The van der Waals surface area contributed by atoms with Gasteiger partial charge in [0, 0.05) is 19.6 Å². The number of nitrogens with one attached hydrogen (secondary N) is 1. The van der Waals surface area contributed by atoms with Crippen LogP contribution in [0.3, 0.4) is 0 Å². The molecule has 1 aliphatic heterocycles. The molecule has 0 radical (unpaired) electrons. The molecule has 0 bridgehead atoms. The average molecular weight is 277 g/mol. The summed E-state index contributed by atoms with van der Waals surface area (Å²) in [4.78, 5) is 14.4. The van der Waals surface area contributed by atoms with E-state index in [0.717, 1.165) is 38.3 Å². The van der Waals surface area contributed by atoms with E-state index in [-0.39, 0.29) is 17.2 Å². The maximum atomic E-state index is 12.0. The second-order valence-electron chi connectivity index (χ2n) is 6.75. The van der Waals surface area contributed by atoms with Gasteiger partial charge in [-0.1, -0.05) is 13.3 Å². The van der Waals surface area contributed by atoms with Crippen LogP contribution in [-0.4, -0.2) is 37.0 Å². The zero-order chi connectivity index (χ0) is 14.8. The van der Waals surface area contributed by atoms with Crippen molar-refractivity contribution in [1.29, 1.82) is 5.26 Å². The lowest BCUT2D eigenvalue weighted by Gasteiger charge is -2.38. The van der Waals surface area contributed by atoms with Gasteiger partial charge in [0.05, 0.1) is 17.4 Å². The molecule has 112 valence electrons. The van der Waals surface area contributed by atoms with Crippen LogP contribution in [0.15, 0.2) is 0 Å². The first kappa shape index (κ1) is 15.3. The number of likely N-dealkylation sites (tertiary alicyclic amines) is 1. The van der Waals surface area contributed by atoms with Gasteiger partial charge in [0.2, 0.25) is 5.91 Å². The van der Waals surface area contributed by atoms with Crippen LogP contribution >= 0.6 is 0 Å². The lowest BCUT2D eigenvalue weighted by Crippen LogP contribution is -2.45. The summed E-state index contributed by atoms with van der Waals surface area (Å²) in [5.41, 5.74) is -0.284. The second kappa shape index (κ2) is 6.13. The first-order valence-corrected chi connectivity index (χ1v) is 7.90. The normalized spacial score (nSPS) is 38.4. The van der Waals surface area contributed by atoms with Gasteiger partial charge in [-0.05, 0) is 45.1 Å². The van der Waals surface area contributed by atoms with Gasteiger partial charge < -0.3 is 5.32 Å². The van der Waals surface area contributed by atoms with Crippen molar-refractivity contribution in [2.24, 2.45) is 17.3 Å². The molecule has 0 aromatic heterocycles. The molecule has 2 aliphatic rings. The van der Waals surface area contributed by atoms with Crippen LogP contribution in [-0.2, 0) is 4.79 Å². The summed E-state index contributed by atoms with van der Waals surface area (Å²) in [6.07, 6.45) is 5.44. The Morgan fingerprint density at radius 2 is 2.25 bits per heavy atom. The molecule has 2 fully saturated rings. The summed E-state index contributed by atoms with van der Waals surface area (Å²) < 4.78 is 0. The summed E-state index contributed by atoms with van der Waals surface area (Å²) >= 11 is 0. The Balaban J connectivity index is 2.07. The number of carbonyl (C=O) groups excluding carboxylic acids is 1. The third kappa shape index (κ3) is 2.83. The first-order valence-electron chi connectivity index (χ1n) is 7.90. The maximum Gasteiger partial charge on any atom is 0.227 e. The molecule has 4 heteroatoms. The molecule has 4 atom stereocenters. The zero-order valence-electron chi connectivity index (χ0n) is 13.0. The van der Waals surface area contributed by atoms with Gasteiger partial charge in [-0.15, -0.1) is 0 Å². The summed E-state index contributed by atoms with van der Waals surface area (Å²) in [5, 5.41) is 12.2. The number of amides is 1. The minimum absolute atomic E-state index is 0.136. The largest absolute Gasteiger partial charge is 0.359 e. The number of rotatable bonds is 3. The van der Waals surface area contributed by atoms with E-state index < -0.39 is 0 Å². The molecule has 2 rings (SSSR count). The van der Waals surface area contributed by atoms with Crippen LogP contribution in [0.4, 0.5) is 0 Å². The molecule has 1 N–H and O–H groups in total. The molecule has 0 aromatic carbocycles. The van der Waals surface area contributed by atoms with Crippen molar-refractivity contribution in [3.63, 3.8) is 0 Å². The Kier molecular flexibility index (Phi) is 4.70. The van der Waals surface area contributed by atoms with Crippen molar-refractivity contribution >= 4 is 5.91 Å². The van der Waals surface area contributed by atoms with E-state index >= 15 is 0 Å². The van der Waals surface area contributed by atoms with Crippen LogP contribution in [0.2, 0.25) is 0 Å². The monoisotopic (exact) mass is 277 g/mol. The third-order valence-electron chi connectivity index (χ3n) is 5.42. The highest BCUT2D eigenvalue weighted by atomic mass is 16.2. The van der Waals surface area contributed by atoms with Crippen LogP contribution < -0.4 is 5.32 Å². The summed E-state index contributed by atoms with van der Waals surface area (Å²) in [6.45, 7) is 6.04. The van der Waals surface area contributed by atoms with Crippen LogP contribution in [0, 0.1) is 28.6 Å². The lowest BCUT2D eigenvalue weighted by atomic mass is 9.77. The van der Waals surface area contributed by atoms with Crippen molar-refractivity contribution in [1.82, 2.24) is 10.2 Å². The van der Waals surface area contributed by atoms with Gasteiger partial charge in [-0.3, -0.25) is 9.69 Å². The van der Waals surface area contributed by atoms with Gasteiger partial charge in [-0.25, -0.2) is 0 Å². The number of hydrogen-bond acceptors (Lipinski definition) is 3. The quantitative estimate of drug-likeness (QED) is 0.860. The van der Waals surface area contributed by atoms with Crippen LogP contribution in [0.25, 0.3) is 0 Å². The smallest absolute Gasteiger partial charge is 0.227 e. The van der Waals surface area contributed by atoms with E-state index in [9.17, 15) is 10.1 Å². The Morgan fingerprint density at radius 3 is 2.85 bits per heavy atom. The Morgan fingerprint density at radius 1 is 1.50 bits per heavy atom. The van der Waals surface area contributed by atoms with E-state index in [1.807, 2.05) is 6.92 Å². The minimum atomic E-state index is -0.284. The minimum Gasteiger partial charge on any atom is -0.359 e. The highest BCUT2D eigenvalue weighted by Crippen LogP contribution is 2.39. The third-order valence-corrected chi connectivity index (χ3v) is 5.42. The molecule has 0 spiro atoms. The van der Waals surface area contributed by atoms with E-state index in [4.69, 9.17) is 0 Å². The summed E-state index contributed by atoms with van der Waals surface area (Å²) in [6, 6.07) is 2.86. The zero-order valence-corrected chi connectivity index (χ0v) is 13.0. The van der Waals surface area contributed by atoms with Crippen molar-refractivity contribution in [2.45, 2.75) is 52.0 Å². The fourth-order valence-corrected chi connectivity index (χ4v) is 3.92. The topological polar surface area (TPSA) is 56.1 Å². The summed E-state index contributed by atoms with van der Waals surface area (Å²) in [7, 11) is 1.71. The van der Waals surface area contributed by atoms with E-state index in [0.29, 0.717) is 6.04 Å². The predicted molar refractivity (Wildman–Crippen MR) is 78.9 cm³/mol.